The van der Waals surface area contributed by atoms with Crippen LogP contribution in [0.2, 0.25) is 0 Å². The van der Waals surface area contributed by atoms with Gasteiger partial charge in [0.2, 0.25) is 0 Å². The molecule has 1 aliphatic heterocycles. The average Bonchev–Trinajstić information content (AvgIpc) is 3.07. The Morgan fingerprint density at radius 2 is 1.96 bits per heavy atom. The van der Waals surface area contributed by atoms with Crippen molar-refractivity contribution in [1.82, 2.24) is 19.7 Å². The number of rotatable bonds is 2. The van der Waals surface area contributed by atoms with E-state index in [-0.39, 0.29) is 23.6 Å². The number of ether oxygens (including phenoxy) is 1. The zero-order chi connectivity index (χ0) is 18.9. The number of carbonyl (C=O) groups is 1. The molecular weight excluding hydrogens is 351 g/mol. The van der Waals surface area contributed by atoms with Gasteiger partial charge in [0.15, 0.2) is 0 Å². The maximum Gasteiger partial charge on any atom is 0.418 e. The second kappa shape index (κ2) is 6.94. The predicted octanol–water partition coefficient (Wildman–Crippen LogP) is 2.93. The highest BCUT2D eigenvalue weighted by atomic mass is 19.4. The molecule has 1 aliphatic rings. The topological polar surface area (TPSA) is 72.3 Å². The maximum atomic E-state index is 13.4. The van der Waals surface area contributed by atoms with Crippen molar-refractivity contribution in [3.8, 4) is 5.69 Å². The molecule has 0 saturated carbocycles. The zero-order valence-corrected chi connectivity index (χ0v) is 14.2. The van der Waals surface area contributed by atoms with Crippen molar-refractivity contribution in [2.75, 3.05) is 18.4 Å². The van der Waals surface area contributed by atoms with Crippen LogP contribution in [0.15, 0.2) is 30.9 Å². The number of amides is 2. The third kappa shape index (κ3) is 3.96. The molecule has 2 amide bonds. The average molecular weight is 369 g/mol. The van der Waals surface area contributed by atoms with Gasteiger partial charge in [-0.15, -0.1) is 0 Å². The number of halogens is 3. The molecular formula is C16H18F3N5O2. The number of nitrogens with one attached hydrogen (secondary N) is 1. The molecule has 2 aromatic rings. The summed E-state index contributed by atoms with van der Waals surface area (Å²) in [6.45, 7) is 4.42. The van der Waals surface area contributed by atoms with Crippen molar-refractivity contribution in [2.24, 2.45) is 0 Å². The Kier molecular flexibility index (Phi) is 4.86. The van der Waals surface area contributed by atoms with Gasteiger partial charge >= 0.3 is 12.2 Å². The van der Waals surface area contributed by atoms with E-state index in [2.05, 4.69) is 15.4 Å². The van der Waals surface area contributed by atoms with E-state index in [1.165, 1.54) is 23.4 Å². The Balaban J connectivity index is 1.84. The fourth-order valence-corrected chi connectivity index (χ4v) is 2.92. The monoisotopic (exact) mass is 369 g/mol. The molecule has 3 rings (SSSR count). The maximum absolute atomic E-state index is 13.4. The fraction of sp³-hybridized carbons (Fsp3) is 0.438. The zero-order valence-electron chi connectivity index (χ0n) is 14.2. The first-order valence-corrected chi connectivity index (χ1v) is 8.01. The summed E-state index contributed by atoms with van der Waals surface area (Å²) in [5.41, 5.74) is -1.02. The number of nitrogens with zero attached hydrogens (tertiary/aromatic N) is 4. The minimum absolute atomic E-state index is 0.0537. The van der Waals surface area contributed by atoms with E-state index in [4.69, 9.17) is 4.74 Å². The lowest BCUT2D eigenvalue weighted by Gasteiger charge is -2.35. The molecule has 0 aliphatic carbocycles. The van der Waals surface area contributed by atoms with Crippen molar-refractivity contribution in [3.63, 3.8) is 0 Å². The van der Waals surface area contributed by atoms with Gasteiger partial charge in [0.1, 0.15) is 12.7 Å². The number of morpholine rings is 1. The van der Waals surface area contributed by atoms with Crippen LogP contribution in [0.3, 0.4) is 0 Å². The Hall–Kier alpha value is -2.62. The van der Waals surface area contributed by atoms with E-state index in [1.807, 2.05) is 13.8 Å². The number of anilines is 1. The molecule has 1 N–H and O–H groups in total. The summed E-state index contributed by atoms with van der Waals surface area (Å²) < 4.78 is 46.8. The SMILES string of the molecule is CC1CN(C(=O)Nc2ccc(-n3cncn3)c(C(F)(F)F)c2)CC(C)O1. The van der Waals surface area contributed by atoms with Gasteiger partial charge in [0.25, 0.3) is 0 Å². The quantitative estimate of drug-likeness (QED) is 0.884. The predicted molar refractivity (Wildman–Crippen MR) is 87.0 cm³/mol. The number of aromatic nitrogens is 3. The molecule has 0 bridgehead atoms. The highest BCUT2D eigenvalue weighted by Gasteiger charge is 2.35. The molecule has 2 atom stereocenters. The number of alkyl halides is 3. The van der Waals surface area contributed by atoms with Crippen molar-refractivity contribution < 1.29 is 22.7 Å². The summed E-state index contributed by atoms with van der Waals surface area (Å²) in [6, 6.07) is 3.07. The molecule has 0 spiro atoms. The van der Waals surface area contributed by atoms with Crippen LogP contribution >= 0.6 is 0 Å². The largest absolute Gasteiger partial charge is 0.418 e. The third-order valence-electron chi connectivity index (χ3n) is 3.93. The molecule has 7 nitrogen and oxygen atoms in total. The fourth-order valence-electron chi connectivity index (χ4n) is 2.92. The molecule has 1 aromatic carbocycles. The van der Waals surface area contributed by atoms with Gasteiger partial charge in [-0.1, -0.05) is 0 Å². The first-order chi connectivity index (χ1) is 12.2. The summed E-state index contributed by atoms with van der Waals surface area (Å²) >= 11 is 0. The van der Waals surface area contributed by atoms with Crippen LogP contribution in [-0.2, 0) is 10.9 Å². The van der Waals surface area contributed by atoms with E-state index in [9.17, 15) is 18.0 Å². The van der Waals surface area contributed by atoms with Crippen molar-refractivity contribution in [1.29, 1.82) is 0 Å². The van der Waals surface area contributed by atoms with Gasteiger partial charge in [-0.2, -0.15) is 18.3 Å². The van der Waals surface area contributed by atoms with Gasteiger partial charge in [0.05, 0.1) is 23.5 Å². The lowest BCUT2D eigenvalue weighted by atomic mass is 10.1. The smallest absolute Gasteiger partial charge is 0.372 e. The van der Waals surface area contributed by atoms with Crippen molar-refractivity contribution >= 4 is 11.7 Å². The molecule has 1 fully saturated rings. The number of hydrogen-bond donors (Lipinski definition) is 1. The number of benzene rings is 1. The lowest BCUT2D eigenvalue weighted by Crippen LogP contribution is -2.49. The third-order valence-corrected chi connectivity index (χ3v) is 3.93. The van der Waals surface area contributed by atoms with Crippen LogP contribution in [0.1, 0.15) is 19.4 Å². The number of hydrogen-bond acceptors (Lipinski definition) is 4. The standard InChI is InChI=1S/C16H18F3N5O2/c1-10-6-23(7-11(2)26-10)15(25)22-12-3-4-14(24-9-20-8-21-24)13(5-12)16(17,18)19/h3-5,8-11H,6-7H2,1-2H3,(H,22,25). The van der Waals surface area contributed by atoms with Gasteiger partial charge < -0.3 is 15.0 Å². The highest BCUT2D eigenvalue weighted by molar-refractivity contribution is 5.89. The molecule has 26 heavy (non-hydrogen) atoms. The van der Waals surface area contributed by atoms with E-state index >= 15 is 0 Å². The van der Waals surface area contributed by atoms with Crippen LogP contribution in [-0.4, -0.2) is 51.0 Å². The molecule has 0 radical (unpaired) electrons. The van der Waals surface area contributed by atoms with Gasteiger partial charge in [0, 0.05) is 18.8 Å². The van der Waals surface area contributed by atoms with E-state index < -0.39 is 17.8 Å². The van der Waals surface area contributed by atoms with Crippen LogP contribution in [0.5, 0.6) is 0 Å². The Morgan fingerprint density at radius 3 is 2.54 bits per heavy atom. The minimum atomic E-state index is -4.61. The second-order valence-corrected chi connectivity index (χ2v) is 6.16. The Morgan fingerprint density at radius 1 is 1.27 bits per heavy atom. The molecule has 140 valence electrons. The van der Waals surface area contributed by atoms with Crippen molar-refractivity contribution in [3.05, 3.63) is 36.4 Å². The van der Waals surface area contributed by atoms with Gasteiger partial charge in [-0.05, 0) is 32.0 Å². The molecule has 1 aromatic heterocycles. The molecule has 1 saturated heterocycles. The summed E-state index contributed by atoms with van der Waals surface area (Å²) in [7, 11) is 0. The summed E-state index contributed by atoms with van der Waals surface area (Å²) in [5.74, 6) is 0. The van der Waals surface area contributed by atoms with Gasteiger partial charge in [-0.3, -0.25) is 0 Å². The van der Waals surface area contributed by atoms with E-state index in [1.54, 1.807) is 0 Å². The lowest BCUT2D eigenvalue weighted by molar-refractivity contribution is -0.137. The second-order valence-electron chi connectivity index (χ2n) is 6.16. The first kappa shape index (κ1) is 18.2. The summed E-state index contributed by atoms with van der Waals surface area (Å²) in [5, 5.41) is 6.26. The Bertz CT molecular complexity index is 769. The highest BCUT2D eigenvalue weighted by Crippen LogP contribution is 2.35. The first-order valence-electron chi connectivity index (χ1n) is 8.01. The van der Waals surface area contributed by atoms with Gasteiger partial charge in [-0.25, -0.2) is 14.5 Å². The molecule has 2 heterocycles. The summed E-state index contributed by atoms with van der Waals surface area (Å²) in [6.07, 6.45) is -2.55. The molecule has 2 unspecified atom stereocenters. The number of carbonyl (C=O) groups excluding carboxylic acids is 1. The Labute approximate surface area is 147 Å². The van der Waals surface area contributed by atoms with Crippen LogP contribution in [0.25, 0.3) is 5.69 Å². The van der Waals surface area contributed by atoms with E-state index in [0.717, 1.165) is 17.1 Å². The number of urea groups is 1. The van der Waals surface area contributed by atoms with Crippen LogP contribution in [0.4, 0.5) is 23.7 Å². The minimum Gasteiger partial charge on any atom is -0.372 e. The van der Waals surface area contributed by atoms with Crippen LogP contribution in [0, 0.1) is 0 Å². The molecule has 10 heteroatoms. The normalized spacial score (nSPS) is 20.9. The van der Waals surface area contributed by atoms with Crippen molar-refractivity contribution in [2.45, 2.75) is 32.2 Å². The van der Waals surface area contributed by atoms with E-state index in [0.29, 0.717) is 13.1 Å². The van der Waals surface area contributed by atoms with Crippen LogP contribution < -0.4 is 5.32 Å². The summed E-state index contributed by atoms with van der Waals surface area (Å²) in [4.78, 5) is 17.6.